The average molecular weight is 355 g/mol. The summed E-state index contributed by atoms with van der Waals surface area (Å²) < 4.78 is 19.7. The highest BCUT2D eigenvalue weighted by molar-refractivity contribution is 9.10. The van der Waals surface area contributed by atoms with Crippen LogP contribution in [-0.4, -0.2) is 5.97 Å². The Morgan fingerprint density at radius 1 is 1.14 bits per heavy atom. The second kappa shape index (κ2) is 7.08. The van der Waals surface area contributed by atoms with E-state index in [4.69, 9.17) is 9.62 Å². The SMILES string of the molecule is CCC(=O)OOc1ccc(Oc2ccc(Br)cc2F)cc1. The maximum Gasteiger partial charge on any atom is 0.355 e. The molecule has 4 nitrogen and oxygen atoms in total. The van der Waals surface area contributed by atoms with Gasteiger partial charge in [-0.15, -0.1) is 0 Å². The monoisotopic (exact) mass is 354 g/mol. The normalized spacial score (nSPS) is 10.0. The molecule has 0 amide bonds. The molecule has 2 aromatic carbocycles. The first kappa shape index (κ1) is 15.3. The highest BCUT2D eigenvalue weighted by Crippen LogP contribution is 2.28. The number of carbonyl (C=O) groups is 1. The maximum atomic E-state index is 13.6. The molecule has 0 aromatic heterocycles. The molecule has 6 heteroatoms. The number of carbonyl (C=O) groups excluding carboxylic acids is 1. The second-order valence-electron chi connectivity index (χ2n) is 4.04. The third-order valence-corrected chi connectivity index (χ3v) is 2.96. The Hall–Kier alpha value is -2.08. The van der Waals surface area contributed by atoms with Gasteiger partial charge < -0.3 is 4.74 Å². The first-order valence-corrected chi connectivity index (χ1v) is 6.98. The van der Waals surface area contributed by atoms with E-state index in [1.165, 1.54) is 12.1 Å². The summed E-state index contributed by atoms with van der Waals surface area (Å²) in [7, 11) is 0. The minimum absolute atomic E-state index is 0.115. The lowest BCUT2D eigenvalue weighted by molar-refractivity contribution is -0.213. The van der Waals surface area contributed by atoms with Gasteiger partial charge in [0.25, 0.3) is 0 Å². The van der Waals surface area contributed by atoms with Crippen molar-refractivity contribution in [1.29, 1.82) is 0 Å². The van der Waals surface area contributed by atoms with Gasteiger partial charge in [0.2, 0.25) is 0 Å². The quantitative estimate of drug-likeness (QED) is 0.580. The third-order valence-electron chi connectivity index (χ3n) is 2.46. The van der Waals surface area contributed by atoms with Crippen molar-refractivity contribution >= 4 is 21.9 Å². The van der Waals surface area contributed by atoms with Crippen LogP contribution in [0.5, 0.6) is 17.2 Å². The summed E-state index contributed by atoms with van der Waals surface area (Å²) in [6.07, 6.45) is 0.226. The molecule has 110 valence electrons. The van der Waals surface area contributed by atoms with Gasteiger partial charge in [-0.3, -0.25) is 9.78 Å². The third kappa shape index (κ3) is 4.46. The Bertz CT molecular complexity index is 628. The molecule has 0 saturated carbocycles. The minimum atomic E-state index is -0.471. The zero-order valence-electron chi connectivity index (χ0n) is 11.1. The first-order chi connectivity index (χ1) is 10.1. The molecule has 0 aliphatic heterocycles. The highest BCUT2D eigenvalue weighted by atomic mass is 79.9. The van der Waals surface area contributed by atoms with Crippen molar-refractivity contribution < 1.29 is 23.7 Å². The summed E-state index contributed by atoms with van der Waals surface area (Å²) in [6.45, 7) is 1.66. The van der Waals surface area contributed by atoms with E-state index in [-0.39, 0.29) is 12.2 Å². The van der Waals surface area contributed by atoms with Crippen molar-refractivity contribution in [1.82, 2.24) is 0 Å². The predicted molar refractivity (Wildman–Crippen MR) is 77.6 cm³/mol. The molecule has 0 spiro atoms. The van der Waals surface area contributed by atoms with E-state index in [1.54, 1.807) is 37.3 Å². The standard InChI is InChI=1S/C15H12BrFO4/c1-2-15(18)21-20-12-6-4-11(5-7-12)19-14-8-3-10(16)9-13(14)17/h3-9H,2H2,1H3. The summed E-state index contributed by atoms with van der Waals surface area (Å²) in [5, 5.41) is 0. The Morgan fingerprint density at radius 3 is 2.43 bits per heavy atom. The van der Waals surface area contributed by atoms with Crippen LogP contribution in [0, 0.1) is 5.82 Å². The van der Waals surface area contributed by atoms with E-state index in [0.717, 1.165) is 0 Å². The molecule has 0 radical (unpaired) electrons. The summed E-state index contributed by atoms with van der Waals surface area (Å²) in [6, 6.07) is 10.8. The van der Waals surface area contributed by atoms with Gasteiger partial charge in [0.15, 0.2) is 17.3 Å². The fourth-order valence-corrected chi connectivity index (χ4v) is 1.73. The minimum Gasteiger partial charge on any atom is -0.454 e. The van der Waals surface area contributed by atoms with Gasteiger partial charge in [0, 0.05) is 10.9 Å². The molecular formula is C15H12BrFO4. The zero-order valence-corrected chi connectivity index (χ0v) is 12.7. The average Bonchev–Trinajstić information content (AvgIpc) is 2.49. The van der Waals surface area contributed by atoms with Crippen molar-refractivity contribution in [3.8, 4) is 17.2 Å². The van der Waals surface area contributed by atoms with E-state index in [2.05, 4.69) is 20.8 Å². The summed E-state index contributed by atoms with van der Waals surface area (Å²) in [5.74, 6) is -0.0380. The molecular weight excluding hydrogens is 343 g/mol. The van der Waals surface area contributed by atoms with Crippen LogP contribution in [0.1, 0.15) is 13.3 Å². The van der Waals surface area contributed by atoms with Gasteiger partial charge in [-0.05, 0) is 42.5 Å². The molecule has 0 N–H and O–H groups in total. The number of halogens is 2. The molecule has 0 saturated heterocycles. The van der Waals surface area contributed by atoms with Gasteiger partial charge in [0.1, 0.15) is 5.75 Å². The molecule has 21 heavy (non-hydrogen) atoms. The van der Waals surface area contributed by atoms with Crippen LogP contribution in [0.2, 0.25) is 0 Å². The second-order valence-corrected chi connectivity index (χ2v) is 4.96. The van der Waals surface area contributed by atoms with E-state index in [9.17, 15) is 9.18 Å². The van der Waals surface area contributed by atoms with Crippen LogP contribution in [0.25, 0.3) is 0 Å². The lowest BCUT2D eigenvalue weighted by atomic mass is 10.3. The van der Waals surface area contributed by atoms with E-state index < -0.39 is 11.8 Å². The lowest BCUT2D eigenvalue weighted by Gasteiger charge is -2.08. The van der Waals surface area contributed by atoms with Gasteiger partial charge >= 0.3 is 5.97 Å². The lowest BCUT2D eigenvalue weighted by Crippen LogP contribution is -2.05. The van der Waals surface area contributed by atoms with Crippen molar-refractivity contribution in [3.63, 3.8) is 0 Å². The van der Waals surface area contributed by atoms with Gasteiger partial charge in [-0.2, -0.15) is 0 Å². The van der Waals surface area contributed by atoms with E-state index in [1.807, 2.05) is 0 Å². The Balaban J connectivity index is 2.00. The fourth-order valence-electron chi connectivity index (χ4n) is 1.40. The molecule has 2 aromatic rings. The van der Waals surface area contributed by atoms with E-state index in [0.29, 0.717) is 16.0 Å². The number of hydrogen-bond donors (Lipinski definition) is 0. The molecule has 2 rings (SSSR count). The number of rotatable bonds is 5. The Morgan fingerprint density at radius 2 is 1.81 bits per heavy atom. The molecule has 0 heterocycles. The fraction of sp³-hybridized carbons (Fsp3) is 0.133. The topological polar surface area (TPSA) is 44.8 Å². The molecule has 0 aliphatic rings. The van der Waals surface area contributed by atoms with Gasteiger partial charge in [-0.25, -0.2) is 9.18 Å². The molecule has 0 fully saturated rings. The zero-order chi connectivity index (χ0) is 15.2. The van der Waals surface area contributed by atoms with Crippen LogP contribution < -0.4 is 9.62 Å². The van der Waals surface area contributed by atoms with Crippen LogP contribution in [-0.2, 0) is 9.68 Å². The van der Waals surface area contributed by atoms with Crippen LogP contribution in [0.4, 0.5) is 4.39 Å². The first-order valence-electron chi connectivity index (χ1n) is 6.19. The highest BCUT2D eigenvalue weighted by Gasteiger charge is 2.06. The number of benzene rings is 2. The largest absolute Gasteiger partial charge is 0.454 e. The molecule has 0 aliphatic carbocycles. The number of hydrogen-bond acceptors (Lipinski definition) is 4. The van der Waals surface area contributed by atoms with Crippen LogP contribution in [0.3, 0.4) is 0 Å². The summed E-state index contributed by atoms with van der Waals surface area (Å²) >= 11 is 3.17. The molecule has 0 atom stereocenters. The van der Waals surface area contributed by atoms with Crippen LogP contribution >= 0.6 is 15.9 Å². The smallest absolute Gasteiger partial charge is 0.355 e. The van der Waals surface area contributed by atoms with Gasteiger partial charge in [0.05, 0.1) is 0 Å². The van der Waals surface area contributed by atoms with Crippen molar-refractivity contribution in [2.24, 2.45) is 0 Å². The predicted octanol–water partition coefficient (Wildman–Crippen LogP) is 4.63. The number of ether oxygens (including phenoxy) is 1. The van der Waals surface area contributed by atoms with E-state index >= 15 is 0 Å². The summed E-state index contributed by atoms with van der Waals surface area (Å²) in [4.78, 5) is 20.3. The van der Waals surface area contributed by atoms with Crippen molar-refractivity contribution in [3.05, 3.63) is 52.8 Å². The van der Waals surface area contributed by atoms with Crippen molar-refractivity contribution in [2.75, 3.05) is 0 Å². The Labute approximate surface area is 129 Å². The van der Waals surface area contributed by atoms with Gasteiger partial charge in [-0.1, -0.05) is 22.9 Å². The molecule has 0 bridgehead atoms. The molecule has 0 unspecified atom stereocenters. The van der Waals surface area contributed by atoms with Crippen LogP contribution in [0.15, 0.2) is 46.9 Å². The van der Waals surface area contributed by atoms with Crippen molar-refractivity contribution in [2.45, 2.75) is 13.3 Å². The Kier molecular flexibility index (Phi) is 5.16. The summed E-state index contributed by atoms with van der Waals surface area (Å²) in [5.41, 5.74) is 0. The maximum absolute atomic E-state index is 13.6.